The number of aromatic nitrogens is 1. The number of methoxy groups -OCH3 is 1. The molecule has 0 spiro atoms. The molecule has 1 N–H and O–H groups in total. The lowest BCUT2D eigenvalue weighted by Crippen LogP contribution is -2.02. The van der Waals surface area contributed by atoms with Crippen LogP contribution in [-0.2, 0) is 16.0 Å². The number of hydrogen-bond donors (Lipinski definition) is 1. The van der Waals surface area contributed by atoms with Crippen LogP contribution in [0.2, 0.25) is 0 Å². The average Bonchev–Trinajstić information content (AvgIpc) is 2.94. The van der Waals surface area contributed by atoms with E-state index in [1.807, 2.05) is 5.38 Å². The number of halogens is 1. The van der Waals surface area contributed by atoms with Gasteiger partial charge in [0.05, 0.1) is 24.8 Å². The Kier molecular flexibility index (Phi) is 4.85. The Morgan fingerprint density at radius 2 is 2.38 bits per heavy atom. The van der Waals surface area contributed by atoms with Crippen LogP contribution in [0.1, 0.15) is 17.7 Å². The van der Waals surface area contributed by atoms with Crippen molar-refractivity contribution in [2.24, 2.45) is 0 Å². The first-order valence-corrected chi connectivity index (χ1v) is 6.98. The smallest absolute Gasteiger partial charge is 0.305 e. The molecule has 0 aliphatic carbocycles. The van der Waals surface area contributed by atoms with Crippen LogP contribution in [-0.4, -0.2) is 18.1 Å². The zero-order valence-corrected chi connectivity index (χ0v) is 12.0. The summed E-state index contributed by atoms with van der Waals surface area (Å²) in [6.45, 7) is 0. The van der Waals surface area contributed by atoms with Crippen LogP contribution in [0.25, 0.3) is 0 Å². The Bertz CT molecular complexity index is 694. The maximum absolute atomic E-state index is 13.2. The van der Waals surface area contributed by atoms with Gasteiger partial charge < -0.3 is 10.1 Å². The molecule has 0 saturated carbocycles. The lowest BCUT2D eigenvalue weighted by atomic mass is 10.2. The van der Waals surface area contributed by atoms with Gasteiger partial charge in [0.2, 0.25) is 0 Å². The van der Waals surface area contributed by atoms with E-state index in [4.69, 9.17) is 5.26 Å². The fourth-order valence-corrected chi connectivity index (χ4v) is 2.39. The number of benzene rings is 1. The predicted octanol–water partition coefficient (Wildman–Crippen LogP) is 3.00. The van der Waals surface area contributed by atoms with Crippen LogP contribution in [0.3, 0.4) is 0 Å². The standard InChI is InChI=1S/C14H12FN3O2S/c1-20-13(19)5-3-11-8-21-14(18-11)17-10-2-4-12(15)9(6-10)7-16/h2,4,6,8H,3,5H2,1H3,(H,17,18). The van der Waals surface area contributed by atoms with Crippen molar-refractivity contribution < 1.29 is 13.9 Å². The van der Waals surface area contributed by atoms with Gasteiger partial charge in [-0.25, -0.2) is 9.37 Å². The van der Waals surface area contributed by atoms with Gasteiger partial charge in [-0.15, -0.1) is 11.3 Å². The second kappa shape index (κ2) is 6.81. The Morgan fingerprint density at radius 3 is 3.10 bits per heavy atom. The van der Waals surface area contributed by atoms with Crippen molar-refractivity contribution in [1.29, 1.82) is 5.26 Å². The van der Waals surface area contributed by atoms with E-state index in [-0.39, 0.29) is 18.0 Å². The monoisotopic (exact) mass is 305 g/mol. The number of aryl methyl sites for hydroxylation is 1. The number of nitrogens with one attached hydrogen (secondary N) is 1. The van der Waals surface area contributed by atoms with E-state index in [0.29, 0.717) is 17.2 Å². The summed E-state index contributed by atoms with van der Waals surface area (Å²) < 4.78 is 17.8. The summed E-state index contributed by atoms with van der Waals surface area (Å²) in [5.74, 6) is -0.837. The van der Waals surface area contributed by atoms with Gasteiger partial charge in [0.1, 0.15) is 11.9 Å². The number of carbonyl (C=O) groups excluding carboxylic acids is 1. The first-order chi connectivity index (χ1) is 10.1. The number of carbonyl (C=O) groups is 1. The zero-order valence-electron chi connectivity index (χ0n) is 11.2. The number of esters is 1. The maximum atomic E-state index is 13.2. The van der Waals surface area contributed by atoms with Gasteiger partial charge in [0.25, 0.3) is 0 Å². The normalized spacial score (nSPS) is 9.95. The van der Waals surface area contributed by atoms with Gasteiger partial charge in [0.15, 0.2) is 5.13 Å². The van der Waals surface area contributed by atoms with Crippen molar-refractivity contribution in [3.63, 3.8) is 0 Å². The average molecular weight is 305 g/mol. The second-order valence-electron chi connectivity index (χ2n) is 4.15. The molecule has 21 heavy (non-hydrogen) atoms. The van der Waals surface area contributed by atoms with E-state index in [9.17, 15) is 9.18 Å². The Hall–Kier alpha value is -2.46. The molecule has 0 bridgehead atoms. The lowest BCUT2D eigenvalue weighted by Gasteiger charge is -2.03. The molecule has 7 heteroatoms. The molecule has 1 aromatic carbocycles. The van der Waals surface area contributed by atoms with E-state index >= 15 is 0 Å². The summed E-state index contributed by atoms with van der Waals surface area (Å²) in [5.41, 5.74) is 1.33. The van der Waals surface area contributed by atoms with E-state index in [1.54, 1.807) is 6.07 Å². The van der Waals surface area contributed by atoms with Crippen molar-refractivity contribution in [3.05, 3.63) is 40.7 Å². The van der Waals surface area contributed by atoms with Crippen LogP contribution in [0.4, 0.5) is 15.2 Å². The lowest BCUT2D eigenvalue weighted by molar-refractivity contribution is -0.140. The highest BCUT2D eigenvalue weighted by Crippen LogP contribution is 2.23. The molecule has 0 amide bonds. The van der Waals surface area contributed by atoms with Crippen molar-refractivity contribution >= 4 is 28.1 Å². The number of thiazole rings is 1. The van der Waals surface area contributed by atoms with E-state index in [0.717, 1.165) is 5.69 Å². The number of nitriles is 1. The van der Waals surface area contributed by atoms with Crippen LogP contribution in [0, 0.1) is 17.1 Å². The summed E-state index contributed by atoms with van der Waals surface area (Å²) >= 11 is 1.37. The van der Waals surface area contributed by atoms with Gasteiger partial charge in [-0.1, -0.05) is 0 Å². The minimum atomic E-state index is -0.555. The number of rotatable bonds is 5. The van der Waals surface area contributed by atoms with Crippen molar-refractivity contribution in [3.8, 4) is 6.07 Å². The first-order valence-electron chi connectivity index (χ1n) is 6.10. The molecule has 0 aliphatic heterocycles. The molecule has 0 atom stereocenters. The minimum absolute atomic E-state index is 0.0255. The van der Waals surface area contributed by atoms with E-state index in [2.05, 4.69) is 15.0 Å². The molecule has 2 rings (SSSR count). The number of ether oxygens (including phenoxy) is 1. The number of nitrogens with zero attached hydrogens (tertiary/aromatic N) is 2. The molecule has 0 aliphatic rings. The minimum Gasteiger partial charge on any atom is -0.469 e. The highest BCUT2D eigenvalue weighted by Gasteiger charge is 2.07. The molecule has 5 nitrogen and oxygen atoms in total. The molecular weight excluding hydrogens is 293 g/mol. The largest absolute Gasteiger partial charge is 0.469 e. The quantitative estimate of drug-likeness (QED) is 0.859. The Balaban J connectivity index is 2.02. The molecule has 1 heterocycles. The third-order valence-electron chi connectivity index (χ3n) is 2.70. The highest BCUT2D eigenvalue weighted by atomic mass is 32.1. The molecule has 0 unspecified atom stereocenters. The molecule has 0 radical (unpaired) electrons. The first kappa shape index (κ1) is 14.9. The van der Waals surface area contributed by atoms with Gasteiger partial charge in [-0.3, -0.25) is 4.79 Å². The van der Waals surface area contributed by atoms with E-state index in [1.165, 1.54) is 36.6 Å². The van der Waals surface area contributed by atoms with Crippen molar-refractivity contribution in [2.75, 3.05) is 12.4 Å². The van der Waals surface area contributed by atoms with E-state index < -0.39 is 5.82 Å². The molecule has 2 aromatic rings. The van der Waals surface area contributed by atoms with Crippen molar-refractivity contribution in [2.45, 2.75) is 12.8 Å². The fraction of sp³-hybridized carbons (Fsp3) is 0.214. The summed E-state index contributed by atoms with van der Waals surface area (Å²) in [5, 5.41) is 14.2. The van der Waals surface area contributed by atoms with Crippen LogP contribution < -0.4 is 5.32 Å². The highest BCUT2D eigenvalue weighted by molar-refractivity contribution is 7.13. The topological polar surface area (TPSA) is 75.0 Å². The van der Waals surface area contributed by atoms with Gasteiger partial charge in [0, 0.05) is 17.5 Å². The summed E-state index contributed by atoms with van der Waals surface area (Å²) in [6.07, 6.45) is 0.770. The SMILES string of the molecule is COC(=O)CCc1csc(Nc2ccc(F)c(C#N)c2)n1. The molecule has 0 fully saturated rings. The summed E-state index contributed by atoms with van der Waals surface area (Å²) in [4.78, 5) is 15.4. The molecule has 1 aromatic heterocycles. The molecular formula is C14H12FN3O2S. The van der Waals surface area contributed by atoms with Gasteiger partial charge in [-0.2, -0.15) is 5.26 Å². The number of hydrogen-bond acceptors (Lipinski definition) is 6. The van der Waals surface area contributed by atoms with Crippen molar-refractivity contribution in [1.82, 2.24) is 4.98 Å². The fourth-order valence-electron chi connectivity index (χ4n) is 1.62. The summed E-state index contributed by atoms with van der Waals surface area (Å²) in [7, 11) is 1.34. The maximum Gasteiger partial charge on any atom is 0.305 e. The molecule has 108 valence electrons. The Labute approximate surface area is 125 Å². The van der Waals surface area contributed by atoms with Crippen LogP contribution >= 0.6 is 11.3 Å². The van der Waals surface area contributed by atoms with Crippen LogP contribution in [0.15, 0.2) is 23.6 Å². The van der Waals surface area contributed by atoms with Crippen LogP contribution in [0.5, 0.6) is 0 Å². The zero-order chi connectivity index (χ0) is 15.2. The third kappa shape index (κ3) is 4.00. The second-order valence-corrected chi connectivity index (χ2v) is 5.01. The predicted molar refractivity (Wildman–Crippen MR) is 76.8 cm³/mol. The van der Waals surface area contributed by atoms with Gasteiger partial charge in [-0.05, 0) is 18.2 Å². The third-order valence-corrected chi connectivity index (χ3v) is 3.51. The number of anilines is 2. The Morgan fingerprint density at radius 1 is 1.57 bits per heavy atom. The summed E-state index contributed by atoms with van der Waals surface area (Å²) in [6, 6.07) is 5.97. The van der Waals surface area contributed by atoms with Gasteiger partial charge >= 0.3 is 5.97 Å². The molecule has 0 saturated heterocycles.